The average molecular weight is 467 g/mol. The Labute approximate surface area is 201 Å². The van der Waals surface area contributed by atoms with Gasteiger partial charge in [0.05, 0.1) is 36.5 Å². The fourth-order valence-corrected chi connectivity index (χ4v) is 5.01. The number of benzene rings is 2. The highest BCUT2D eigenvalue weighted by molar-refractivity contribution is 6.12. The summed E-state index contributed by atoms with van der Waals surface area (Å²) in [6.07, 6.45) is 1.66. The first-order chi connectivity index (χ1) is 17.1. The quantitative estimate of drug-likeness (QED) is 0.470. The van der Waals surface area contributed by atoms with Crippen LogP contribution in [-0.2, 0) is 14.9 Å². The van der Waals surface area contributed by atoms with Gasteiger partial charge in [0, 0.05) is 24.3 Å². The summed E-state index contributed by atoms with van der Waals surface area (Å²) in [6.45, 7) is 4.38. The average Bonchev–Trinajstić information content (AvgIpc) is 3.38. The van der Waals surface area contributed by atoms with Crippen LogP contribution in [0.5, 0.6) is 5.88 Å². The Morgan fingerprint density at radius 2 is 1.89 bits per heavy atom. The van der Waals surface area contributed by atoms with Crippen LogP contribution >= 0.6 is 0 Å². The highest BCUT2D eigenvalue weighted by Crippen LogP contribution is 2.55. The van der Waals surface area contributed by atoms with Crippen LogP contribution < -0.4 is 10.1 Å². The van der Waals surface area contributed by atoms with Crippen LogP contribution in [-0.4, -0.2) is 53.2 Å². The van der Waals surface area contributed by atoms with Gasteiger partial charge in [-0.3, -0.25) is 4.79 Å². The number of carbonyl (C=O) groups is 1. The van der Waals surface area contributed by atoms with E-state index in [1.807, 2.05) is 66.4 Å². The molecule has 9 nitrogen and oxygen atoms in total. The maximum absolute atomic E-state index is 13.8. The second kappa shape index (κ2) is 8.11. The van der Waals surface area contributed by atoms with E-state index in [2.05, 4.69) is 16.4 Å². The third-order valence-corrected chi connectivity index (χ3v) is 6.59. The number of amides is 1. The fourth-order valence-electron chi connectivity index (χ4n) is 5.01. The van der Waals surface area contributed by atoms with Gasteiger partial charge >= 0.3 is 0 Å². The van der Waals surface area contributed by atoms with E-state index in [0.29, 0.717) is 54.7 Å². The van der Waals surface area contributed by atoms with Crippen LogP contribution in [0.15, 0.2) is 71.0 Å². The molecule has 3 aliphatic rings. The second-order valence-electron chi connectivity index (χ2n) is 8.55. The molecule has 0 aliphatic carbocycles. The number of fused-ring (bicyclic) bond motifs is 4. The van der Waals surface area contributed by atoms with Gasteiger partial charge < -0.3 is 19.7 Å². The molecular formula is C26H22N6O3. The van der Waals surface area contributed by atoms with Gasteiger partial charge in [-0.25, -0.2) is 9.67 Å². The molecule has 1 atom stereocenters. The largest absolute Gasteiger partial charge is 0.419 e. The predicted octanol–water partition coefficient (Wildman–Crippen LogP) is 2.91. The van der Waals surface area contributed by atoms with Gasteiger partial charge in [0.2, 0.25) is 17.7 Å². The van der Waals surface area contributed by atoms with Gasteiger partial charge in [0.1, 0.15) is 17.1 Å². The number of aryl methyl sites for hydroxylation is 1. The standard InChI is InChI=1S/C26H22N6O3/c1-17-22-24(32(30-17)18-7-3-2-4-8-18)35-23(28-16-31-11-13-34-14-12-31)20(15-27)26(22)19-9-5-6-10-21(19)29-25(26)33/h2-10,16H,11-14H2,1H3,(H,29,33). The van der Waals surface area contributed by atoms with Crippen molar-refractivity contribution in [1.82, 2.24) is 14.7 Å². The van der Waals surface area contributed by atoms with E-state index < -0.39 is 5.41 Å². The minimum absolute atomic E-state index is 0.0791. The molecule has 0 radical (unpaired) electrons. The zero-order valence-electron chi connectivity index (χ0n) is 19.1. The van der Waals surface area contributed by atoms with Crippen molar-refractivity contribution in [3.8, 4) is 17.6 Å². The van der Waals surface area contributed by atoms with E-state index in [9.17, 15) is 10.1 Å². The molecule has 4 heterocycles. The number of ether oxygens (including phenoxy) is 2. The van der Waals surface area contributed by atoms with Crippen molar-refractivity contribution in [2.45, 2.75) is 12.3 Å². The van der Waals surface area contributed by atoms with E-state index in [0.717, 1.165) is 5.69 Å². The first kappa shape index (κ1) is 21.1. The number of nitrogens with one attached hydrogen (secondary N) is 1. The van der Waals surface area contributed by atoms with Crippen LogP contribution in [0, 0.1) is 18.3 Å². The number of nitrogens with zero attached hydrogens (tertiary/aromatic N) is 5. The molecule has 3 aliphatic heterocycles. The minimum Gasteiger partial charge on any atom is -0.419 e. The number of aromatic nitrogens is 2. The zero-order chi connectivity index (χ0) is 24.0. The molecule has 1 amide bonds. The lowest BCUT2D eigenvalue weighted by atomic mass is 9.69. The topological polar surface area (TPSA) is 105 Å². The second-order valence-corrected chi connectivity index (χ2v) is 8.55. The Morgan fingerprint density at radius 3 is 2.66 bits per heavy atom. The Kier molecular flexibility index (Phi) is 4.90. The summed E-state index contributed by atoms with van der Waals surface area (Å²) in [5.74, 6) is 0.124. The molecule has 2 aromatic carbocycles. The zero-order valence-corrected chi connectivity index (χ0v) is 19.1. The van der Waals surface area contributed by atoms with E-state index in [1.54, 1.807) is 11.0 Å². The Hall–Kier alpha value is -4.42. The molecule has 174 valence electrons. The minimum atomic E-state index is -1.42. The van der Waals surface area contributed by atoms with Gasteiger partial charge in [-0.2, -0.15) is 10.4 Å². The third kappa shape index (κ3) is 3.07. The molecule has 1 spiro atoms. The van der Waals surface area contributed by atoms with E-state index in [1.165, 1.54) is 0 Å². The molecular weight excluding hydrogens is 444 g/mol. The fraction of sp³-hybridized carbons (Fsp3) is 0.231. The molecule has 6 rings (SSSR count). The van der Waals surface area contributed by atoms with Crippen LogP contribution in [0.2, 0.25) is 0 Å². The van der Waals surface area contributed by atoms with E-state index in [4.69, 9.17) is 14.6 Å². The van der Waals surface area contributed by atoms with Crippen LogP contribution in [0.25, 0.3) is 5.69 Å². The monoisotopic (exact) mass is 466 g/mol. The summed E-state index contributed by atoms with van der Waals surface area (Å²) >= 11 is 0. The lowest BCUT2D eigenvalue weighted by Crippen LogP contribution is -2.41. The number of morpholine rings is 1. The maximum atomic E-state index is 13.8. The van der Waals surface area contributed by atoms with E-state index in [-0.39, 0.29) is 17.4 Å². The number of para-hydroxylation sites is 2. The van der Waals surface area contributed by atoms with Gasteiger partial charge in [-0.15, -0.1) is 0 Å². The summed E-state index contributed by atoms with van der Waals surface area (Å²) < 4.78 is 13.4. The predicted molar refractivity (Wildman–Crippen MR) is 128 cm³/mol. The van der Waals surface area contributed by atoms with Crippen molar-refractivity contribution in [2.75, 3.05) is 31.6 Å². The normalized spacial score (nSPS) is 21.0. The van der Waals surface area contributed by atoms with Crippen LogP contribution in [0.4, 0.5) is 5.69 Å². The SMILES string of the molecule is Cc1nn(-c2ccccc2)c2c1C1(C(=O)Nc3ccccc31)C(C#N)=C(N=CN1CCOCC1)O2. The molecule has 1 aromatic heterocycles. The van der Waals surface area contributed by atoms with Crippen molar-refractivity contribution in [1.29, 1.82) is 5.26 Å². The summed E-state index contributed by atoms with van der Waals surface area (Å²) in [6, 6.07) is 19.2. The first-order valence-corrected chi connectivity index (χ1v) is 11.4. The molecule has 1 saturated heterocycles. The Balaban J connectivity index is 1.62. The molecule has 0 saturated carbocycles. The molecule has 9 heteroatoms. The smallest absolute Gasteiger partial charge is 0.245 e. The summed E-state index contributed by atoms with van der Waals surface area (Å²) in [5, 5.41) is 18.1. The van der Waals surface area contributed by atoms with Crippen molar-refractivity contribution >= 4 is 17.9 Å². The maximum Gasteiger partial charge on any atom is 0.245 e. The molecule has 0 bridgehead atoms. The third-order valence-electron chi connectivity index (χ3n) is 6.59. The molecule has 1 unspecified atom stereocenters. The highest BCUT2D eigenvalue weighted by Gasteiger charge is 2.59. The Morgan fingerprint density at radius 1 is 1.14 bits per heavy atom. The number of nitriles is 1. The van der Waals surface area contributed by atoms with Crippen molar-refractivity contribution in [3.05, 3.63) is 82.9 Å². The summed E-state index contributed by atoms with van der Waals surface area (Å²) in [4.78, 5) is 20.4. The molecule has 35 heavy (non-hydrogen) atoms. The van der Waals surface area contributed by atoms with Crippen molar-refractivity contribution in [3.63, 3.8) is 0 Å². The lowest BCUT2D eigenvalue weighted by Gasteiger charge is -2.32. The summed E-state index contributed by atoms with van der Waals surface area (Å²) in [5.41, 5.74) is 1.96. The molecule has 1 N–H and O–H groups in total. The number of hydrogen-bond acceptors (Lipinski definition) is 6. The summed E-state index contributed by atoms with van der Waals surface area (Å²) in [7, 11) is 0. The van der Waals surface area contributed by atoms with Gasteiger partial charge in [0.15, 0.2) is 0 Å². The molecule has 1 fully saturated rings. The van der Waals surface area contributed by atoms with Crippen LogP contribution in [0.1, 0.15) is 16.8 Å². The van der Waals surface area contributed by atoms with Crippen molar-refractivity contribution < 1.29 is 14.3 Å². The highest BCUT2D eigenvalue weighted by atomic mass is 16.5. The number of aliphatic imine (C=N–C) groups is 1. The Bertz CT molecular complexity index is 1430. The number of rotatable bonds is 3. The first-order valence-electron chi connectivity index (χ1n) is 11.4. The van der Waals surface area contributed by atoms with Crippen molar-refractivity contribution in [2.24, 2.45) is 4.99 Å². The van der Waals surface area contributed by atoms with Gasteiger partial charge in [0.25, 0.3) is 0 Å². The van der Waals surface area contributed by atoms with Crippen LogP contribution in [0.3, 0.4) is 0 Å². The molecule has 3 aromatic rings. The number of hydrogen-bond donors (Lipinski definition) is 1. The van der Waals surface area contributed by atoms with Gasteiger partial charge in [-0.05, 0) is 25.1 Å². The van der Waals surface area contributed by atoms with Gasteiger partial charge in [-0.1, -0.05) is 36.4 Å². The van der Waals surface area contributed by atoms with E-state index >= 15 is 0 Å². The number of carbonyl (C=O) groups excluding carboxylic acids is 1. The number of anilines is 1. The lowest BCUT2D eigenvalue weighted by molar-refractivity contribution is -0.118.